The minimum absolute atomic E-state index is 0.0582. The molecule has 0 radical (unpaired) electrons. The molecule has 0 aromatic carbocycles. The van der Waals surface area contributed by atoms with Crippen molar-refractivity contribution in [3.05, 3.63) is 18.0 Å². The Hall–Kier alpha value is -0.870. The topological polar surface area (TPSA) is 39.1 Å². The highest BCUT2D eigenvalue weighted by molar-refractivity contribution is 5.05. The van der Waals surface area contributed by atoms with Crippen LogP contribution in [0.5, 0.6) is 0 Å². The van der Waals surface area contributed by atoms with Crippen LogP contribution < -0.4 is 5.32 Å². The summed E-state index contributed by atoms with van der Waals surface area (Å²) in [6.07, 6.45) is 9.41. The first kappa shape index (κ1) is 17.2. The number of methoxy groups -OCH3 is 1. The standard InChI is InChI=1S/C16H31N3O/c1-6-11-17-15(16(7-2,8-3)20-5)10-9-14-12-18-19(4)13-14/h12-13,15,17H,6-11H2,1-5H3. The first-order valence-electron chi connectivity index (χ1n) is 7.87. The van der Waals surface area contributed by atoms with Crippen LogP contribution in [-0.4, -0.2) is 35.1 Å². The van der Waals surface area contributed by atoms with E-state index in [2.05, 4.69) is 37.4 Å². The Bertz CT molecular complexity index is 363. The summed E-state index contributed by atoms with van der Waals surface area (Å²) >= 11 is 0. The number of nitrogens with zero attached hydrogens (tertiary/aromatic N) is 2. The molecule has 1 N–H and O–H groups in total. The van der Waals surface area contributed by atoms with Gasteiger partial charge in [0.15, 0.2) is 0 Å². The molecule has 0 aliphatic rings. The van der Waals surface area contributed by atoms with Gasteiger partial charge in [-0.25, -0.2) is 0 Å². The van der Waals surface area contributed by atoms with E-state index in [1.165, 1.54) is 5.56 Å². The van der Waals surface area contributed by atoms with Crippen LogP contribution in [0.15, 0.2) is 12.4 Å². The van der Waals surface area contributed by atoms with Crippen molar-refractivity contribution in [1.82, 2.24) is 15.1 Å². The fraction of sp³-hybridized carbons (Fsp3) is 0.812. The van der Waals surface area contributed by atoms with E-state index in [0.717, 1.165) is 38.6 Å². The van der Waals surface area contributed by atoms with Crippen LogP contribution in [-0.2, 0) is 18.2 Å². The zero-order valence-corrected chi connectivity index (χ0v) is 13.8. The number of rotatable bonds is 10. The zero-order chi connectivity index (χ0) is 15.0. The van der Waals surface area contributed by atoms with Crippen LogP contribution in [0.25, 0.3) is 0 Å². The third-order valence-electron chi connectivity index (χ3n) is 4.36. The quantitative estimate of drug-likeness (QED) is 0.716. The van der Waals surface area contributed by atoms with Crippen molar-refractivity contribution in [1.29, 1.82) is 0 Å². The molecule has 116 valence electrons. The molecule has 0 fully saturated rings. The molecule has 0 aliphatic heterocycles. The second kappa shape index (κ2) is 8.42. The van der Waals surface area contributed by atoms with Gasteiger partial charge in [-0.3, -0.25) is 4.68 Å². The van der Waals surface area contributed by atoms with Crippen molar-refractivity contribution in [2.75, 3.05) is 13.7 Å². The molecule has 4 heteroatoms. The van der Waals surface area contributed by atoms with Crippen LogP contribution in [0.3, 0.4) is 0 Å². The molecule has 1 aromatic rings. The first-order valence-corrected chi connectivity index (χ1v) is 7.87. The molecule has 0 aliphatic carbocycles. The van der Waals surface area contributed by atoms with Crippen molar-refractivity contribution >= 4 is 0 Å². The van der Waals surface area contributed by atoms with Crippen molar-refractivity contribution in [2.45, 2.75) is 64.5 Å². The van der Waals surface area contributed by atoms with Gasteiger partial charge < -0.3 is 10.1 Å². The van der Waals surface area contributed by atoms with Crippen molar-refractivity contribution in [3.8, 4) is 0 Å². The summed E-state index contributed by atoms with van der Waals surface area (Å²) in [5.74, 6) is 0. The average Bonchev–Trinajstić information content (AvgIpc) is 2.88. The third kappa shape index (κ3) is 4.32. The summed E-state index contributed by atoms with van der Waals surface area (Å²) in [5.41, 5.74) is 1.24. The zero-order valence-electron chi connectivity index (χ0n) is 13.8. The Kier molecular flexibility index (Phi) is 7.24. The van der Waals surface area contributed by atoms with Crippen LogP contribution in [0, 0.1) is 0 Å². The second-order valence-electron chi connectivity index (χ2n) is 5.54. The number of hydrogen-bond donors (Lipinski definition) is 1. The van der Waals surface area contributed by atoms with Crippen LogP contribution >= 0.6 is 0 Å². The predicted octanol–water partition coefficient (Wildman–Crippen LogP) is 2.93. The van der Waals surface area contributed by atoms with E-state index in [4.69, 9.17) is 4.74 Å². The fourth-order valence-corrected chi connectivity index (χ4v) is 2.96. The SMILES string of the molecule is CCCNC(CCc1cnn(C)c1)C(CC)(CC)OC. The molecule has 1 unspecified atom stereocenters. The van der Waals surface area contributed by atoms with Gasteiger partial charge in [0.2, 0.25) is 0 Å². The molecule has 1 aromatic heterocycles. The highest BCUT2D eigenvalue weighted by Crippen LogP contribution is 2.27. The van der Waals surface area contributed by atoms with Gasteiger partial charge in [-0.1, -0.05) is 20.8 Å². The number of aryl methyl sites for hydroxylation is 2. The lowest BCUT2D eigenvalue weighted by molar-refractivity contribution is -0.0492. The highest BCUT2D eigenvalue weighted by atomic mass is 16.5. The van der Waals surface area contributed by atoms with Crippen LogP contribution in [0.4, 0.5) is 0 Å². The average molecular weight is 281 g/mol. The van der Waals surface area contributed by atoms with Gasteiger partial charge in [-0.2, -0.15) is 5.10 Å². The summed E-state index contributed by atoms with van der Waals surface area (Å²) in [7, 11) is 3.81. The van der Waals surface area contributed by atoms with E-state index in [1.54, 1.807) is 0 Å². The molecular weight excluding hydrogens is 250 g/mol. The summed E-state index contributed by atoms with van der Waals surface area (Å²) in [4.78, 5) is 0. The summed E-state index contributed by atoms with van der Waals surface area (Å²) in [6.45, 7) is 7.69. The summed E-state index contributed by atoms with van der Waals surface area (Å²) in [5, 5.41) is 7.93. The number of aromatic nitrogens is 2. The Labute approximate surface area is 123 Å². The van der Waals surface area contributed by atoms with Gasteiger partial charge in [-0.15, -0.1) is 0 Å². The van der Waals surface area contributed by atoms with Crippen molar-refractivity contribution < 1.29 is 4.74 Å². The molecule has 1 atom stereocenters. The van der Waals surface area contributed by atoms with Crippen LogP contribution in [0.2, 0.25) is 0 Å². The predicted molar refractivity (Wildman–Crippen MR) is 83.9 cm³/mol. The lowest BCUT2D eigenvalue weighted by Crippen LogP contribution is -2.52. The maximum atomic E-state index is 5.91. The molecule has 0 saturated heterocycles. The number of nitrogens with one attached hydrogen (secondary N) is 1. The van der Waals surface area contributed by atoms with E-state index in [9.17, 15) is 0 Å². The first-order chi connectivity index (χ1) is 9.61. The highest BCUT2D eigenvalue weighted by Gasteiger charge is 2.34. The Morgan fingerprint density at radius 1 is 1.35 bits per heavy atom. The maximum Gasteiger partial charge on any atom is 0.0825 e. The molecular formula is C16H31N3O. The molecule has 0 saturated carbocycles. The molecule has 0 amide bonds. The van der Waals surface area contributed by atoms with Gasteiger partial charge in [0.05, 0.1) is 11.8 Å². The lowest BCUT2D eigenvalue weighted by atomic mass is 9.84. The van der Waals surface area contributed by atoms with E-state index in [0.29, 0.717) is 6.04 Å². The van der Waals surface area contributed by atoms with Gasteiger partial charge in [0.1, 0.15) is 0 Å². The lowest BCUT2D eigenvalue weighted by Gasteiger charge is -2.39. The molecule has 1 heterocycles. The van der Waals surface area contributed by atoms with Gasteiger partial charge in [0.25, 0.3) is 0 Å². The van der Waals surface area contributed by atoms with Gasteiger partial charge in [-0.05, 0) is 44.2 Å². The van der Waals surface area contributed by atoms with Crippen molar-refractivity contribution in [2.24, 2.45) is 7.05 Å². The molecule has 0 bridgehead atoms. The Balaban J connectivity index is 2.72. The van der Waals surface area contributed by atoms with Gasteiger partial charge in [0, 0.05) is 26.4 Å². The number of hydrogen-bond acceptors (Lipinski definition) is 3. The van der Waals surface area contributed by atoms with Crippen LogP contribution in [0.1, 0.15) is 52.0 Å². The second-order valence-corrected chi connectivity index (χ2v) is 5.54. The maximum absolute atomic E-state index is 5.91. The third-order valence-corrected chi connectivity index (χ3v) is 4.36. The largest absolute Gasteiger partial charge is 0.377 e. The molecule has 20 heavy (non-hydrogen) atoms. The van der Waals surface area contributed by atoms with E-state index >= 15 is 0 Å². The Morgan fingerprint density at radius 3 is 2.50 bits per heavy atom. The Morgan fingerprint density at radius 2 is 2.05 bits per heavy atom. The van der Waals surface area contributed by atoms with E-state index in [1.807, 2.05) is 25.0 Å². The van der Waals surface area contributed by atoms with E-state index in [-0.39, 0.29) is 5.60 Å². The smallest absolute Gasteiger partial charge is 0.0825 e. The summed E-state index contributed by atoms with van der Waals surface area (Å²) < 4.78 is 7.77. The van der Waals surface area contributed by atoms with E-state index < -0.39 is 0 Å². The van der Waals surface area contributed by atoms with Crippen molar-refractivity contribution in [3.63, 3.8) is 0 Å². The number of ether oxygens (including phenoxy) is 1. The molecule has 1 rings (SSSR count). The normalized spacial score (nSPS) is 13.7. The van der Waals surface area contributed by atoms with Gasteiger partial charge >= 0.3 is 0 Å². The molecule has 0 spiro atoms. The minimum atomic E-state index is -0.0582. The molecule has 4 nitrogen and oxygen atoms in total. The monoisotopic (exact) mass is 281 g/mol. The minimum Gasteiger partial charge on any atom is -0.377 e. The fourth-order valence-electron chi connectivity index (χ4n) is 2.96. The summed E-state index contributed by atoms with van der Waals surface area (Å²) in [6, 6.07) is 0.391.